The summed E-state index contributed by atoms with van der Waals surface area (Å²) in [4.78, 5) is 28.0. The lowest BCUT2D eigenvalue weighted by Gasteiger charge is -2.06. The maximum atomic E-state index is 12.9. The van der Waals surface area contributed by atoms with Gasteiger partial charge < -0.3 is 16.0 Å². The molecule has 1 saturated heterocycles. The van der Waals surface area contributed by atoms with Crippen molar-refractivity contribution < 1.29 is 14.0 Å². The van der Waals surface area contributed by atoms with Crippen LogP contribution in [0.3, 0.4) is 0 Å². The zero-order valence-electron chi connectivity index (χ0n) is 11.4. The van der Waals surface area contributed by atoms with Gasteiger partial charge in [-0.15, -0.1) is 11.3 Å². The summed E-state index contributed by atoms with van der Waals surface area (Å²) in [5.41, 5.74) is 0.968. The van der Waals surface area contributed by atoms with Crippen molar-refractivity contribution in [3.8, 4) is 0 Å². The van der Waals surface area contributed by atoms with Crippen LogP contribution in [-0.2, 0) is 11.2 Å². The summed E-state index contributed by atoms with van der Waals surface area (Å²) < 4.78 is 12.9. The van der Waals surface area contributed by atoms with Crippen molar-refractivity contribution in [3.63, 3.8) is 0 Å². The van der Waals surface area contributed by atoms with Gasteiger partial charge in [0, 0.05) is 24.0 Å². The minimum absolute atomic E-state index is 0.262. The van der Waals surface area contributed by atoms with Gasteiger partial charge in [-0.25, -0.2) is 14.2 Å². The van der Waals surface area contributed by atoms with Crippen LogP contribution in [0, 0.1) is 5.82 Å². The molecule has 1 fully saturated rings. The van der Waals surface area contributed by atoms with Crippen molar-refractivity contribution >= 4 is 28.4 Å². The number of halogens is 1. The van der Waals surface area contributed by atoms with E-state index in [-0.39, 0.29) is 24.3 Å². The molecule has 1 atom stereocenters. The molecule has 1 aromatic carbocycles. The van der Waals surface area contributed by atoms with Crippen molar-refractivity contribution in [2.45, 2.75) is 12.5 Å². The van der Waals surface area contributed by atoms with Gasteiger partial charge in [-0.2, -0.15) is 0 Å². The predicted molar refractivity (Wildman–Crippen MR) is 80.3 cm³/mol. The van der Waals surface area contributed by atoms with Crippen LogP contribution in [0.15, 0.2) is 30.5 Å². The Labute approximate surface area is 129 Å². The Morgan fingerprint density at radius 1 is 1.41 bits per heavy atom. The molecule has 22 heavy (non-hydrogen) atoms. The molecule has 3 N–H and O–H groups in total. The van der Waals surface area contributed by atoms with Gasteiger partial charge in [-0.1, -0.05) is 12.1 Å². The van der Waals surface area contributed by atoms with Crippen LogP contribution >= 0.6 is 11.3 Å². The molecule has 2 heterocycles. The van der Waals surface area contributed by atoms with E-state index in [4.69, 9.17) is 0 Å². The van der Waals surface area contributed by atoms with Crippen molar-refractivity contribution in [2.75, 3.05) is 11.9 Å². The molecule has 2 aromatic rings. The normalized spacial score (nSPS) is 17.0. The first kappa shape index (κ1) is 14.5. The molecule has 6 nitrogen and oxygen atoms in total. The van der Waals surface area contributed by atoms with Crippen LogP contribution in [0.25, 0.3) is 0 Å². The van der Waals surface area contributed by atoms with E-state index < -0.39 is 6.04 Å². The lowest BCUT2D eigenvalue weighted by Crippen LogP contribution is -2.38. The van der Waals surface area contributed by atoms with Crippen LogP contribution < -0.4 is 16.0 Å². The van der Waals surface area contributed by atoms with Gasteiger partial charge in [-0.05, 0) is 17.7 Å². The number of rotatable bonds is 4. The second-order valence-electron chi connectivity index (χ2n) is 4.83. The number of benzene rings is 1. The SMILES string of the molecule is O=C1NC[C@H](C(=O)Nc2ncc(Cc3ccc(F)cc3)s2)N1. The number of amides is 3. The summed E-state index contributed by atoms with van der Waals surface area (Å²) in [5.74, 6) is -0.575. The number of aromatic nitrogens is 1. The van der Waals surface area contributed by atoms with Gasteiger partial charge in [0.1, 0.15) is 11.9 Å². The molecule has 0 saturated carbocycles. The average Bonchev–Trinajstić information content (AvgIpc) is 3.11. The first-order chi connectivity index (χ1) is 10.6. The van der Waals surface area contributed by atoms with Crippen LogP contribution in [0.2, 0.25) is 0 Å². The maximum Gasteiger partial charge on any atom is 0.315 e. The zero-order chi connectivity index (χ0) is 15.5. The van der Waals surface area contributed by atoms with Gasteiger partial charge >= 0.3 is 6.03 Å². The fraction of sp³-hybridized carbons (Fsp3) is 0.214. The second kappa shape index (κ2) is 6.10. The number of carbonyl (C=O) groups is 2. The van der Waals surface area contributed by atoms with Gasteiger partial charge in [0.15, 0.2) is 5.13 Å². The van der Waals surface area contributed by atoms with E-state index in [9.17, 15) is 14.0 Å². The largest absolute Gasteiger partial charge is 0.336 e. The molecule has 3 rings (SSSR count). The third-order valence-electron chi connectivity index (χ3n) is 3.16. The molecular weight excluding hydrogens is 307 g/mol. The number of hydrogen-bond acceptors (Lipinski definition) is 4. The van der Waals surface area contributed by atoms with Gasteiger partial charge in [0.25, 0.3) is 5.91 Å². The summed E-state index contributed by atoms with van der Waals surface area (Å²) in [6.45, 7) is 0.262. The standard InChI is InChI=1S/C14H13FN4O2S/c15-9-3-1-8(2-4-9)5-10-6-17-14(22-10)19-12(20)11-7-16-13(21)18-11/h1-4,6,11H,5,7H2,(H2,16,18,21)(H,17,19,20)/t11-/m1/s1. The molecule has 8 heteroatoms. The number of thiazole rings is 1. The topological polar surface area (TPSA) is 83.1 Å². The van der Waals surface area contributed by atoms with Crippen LogP contribution in [0.5, 0.6) is 0 Å². The van der Waals surface area contributed by atoms with E-state index in [2.05, 4.69) is 20.9 Å². The number of anilines is 1. The molecule has 114 valence electrons. The van der Waals surface area contributed by atoms with Crippen molar-refractivity contribution in [1.82, 2.24) is 15.6 Å². The third kappa shape index (κ3) is 3.40. The highest BCUT2D eigenvalue weighted by Crippen LogP contribution is 2.21. The second-order valence-corrected chi connectivity index (χ2v) is 5.95. The summed E-state index contributed by atoms with van der Waals surface area (Å²) in [6.07, 6.45) is 2.30. The highest BCUT2D eigenvalue weighted by molar-refractivity contribution is 7.15. The molecular formula is C14H13FN4O2S. The minimum atomic E-state index is -0.586. The van der Waals surface area contributed by atoms with E-state index in [1.807, 2.05) is 0 Å². The molecule has 1 aliphatic rings. The predicted octanol–water partition coefficient (Wildman–Crippen LogP) is 1.49. The summed E-state index contributed by atoms with van der Waals surface area (Å²) in [5, 5.41) is 8.17. The molecule has 3 amide bonds. The zero-order valence-corrected chi connectivity index (χ0v) is 12.2. The number of carbonyl (C=O) groups excluding carboxylic acids is 2. The molecule has 0 unspecified atom stereocenters. The lowest BCUT2D eigenvalue weighted by atomic mass is 10.1. The quantitative estimate of drug-likeness (QED) is 0.798. The summed E-state index contributed by atoms with van der Waals surface area (Å²) in [7, 11) is 0. The fourth-order valence-electron chi connectivity index (χ4n) is 2.06. The van der Waals surface area contributed by atoms with Gasteiger partial charge in [-0.3, -0.25) is 4.79 Å². The van der Waals surface area contributed by atoms with Crippen molar-refractivity contribution in [1.29, 1.82) is 0 Å². The molecule has 0 bridgehead atoms. The first-order valence-electron chi connectivity index (χ1n) is 6.64. The van der Waals surface area contributed by atoms with Gasteiger partial charge in [0.05, 0.1) is 0 Å². The Morgan fingerprint density at radius 3 is 2.86 bits per heavy atom. The van der Waals surface area contributed by atoms with E-state index in [0.29, 0.717) is 11.6 Å². The third-order valence-corrected chi connectivity index (χ3v) is 4.08. The van der Waals surface area contributed by atoms with E-state index in [1.165, 1.54) is 23.5 Å². The lowest BCUT2D eigenvalue weighted by molar-refractivity contribution is -0.117. The Balaban J connectivity index is 1.60. The number of hydrogen-bond donors (Lipinski definition) is 3. The van der Waals surface area contributed by atoms with Crippen LogP contribution in [-0.4, -0.2) is 29.5 Å². The fourth-order valence-corrected chi connectivity index (χ4v) is 2.91. The van der Waals surface area contributed by atoms with Crippen LogP contribution in [0.1, 0.15) is 10.4 Å². The summed E-state index contributed by atoms with van der Waals surface area (Å²) >= 11 is 1.35. The molecule has 0 radical (unpaired) electrons. The monoisotopic (exact) mass is 320 g/mol. The molecule has 1 aliphatic heterocycles. The number of nitrogens with one attached hydrogen (secondary N) is 3. The minimum Gasteiger partial charge on any atom is -0.336 e. The molecule has 0 spiro atoms. The number of nitrogens with zero attached hydrogens (tertiary/aromatic N) is 1. The highest BCUT2D eigenvalue weighted by atomic mass is 32.1. The average molecular weight is 320 g/mol. The smallest absolute Gasteiger partial charge is 0.315 e. The van der Waals surface area contributed by atoms with Crippen LogP contribution in [0.4, 0.5) is 14.3 Å². The van der Waals surface area contributed by atoms with E-state index in [0.717, 1.165) is 10.4 Å². The molecule has 0 aliphatic carbocycles. The van der Waals surface area contributed by atoms with E-state index in [1.54, 1.807) is 18.3 Å². The van der Waals surface area contributed by atoms with E-state index >= 15 is 0 Å². The molecule has 1 aromatic heterocycles. The van der Waals surface area contributed by atoms with Gasteiger partial charge in [0.2, 0.25) is 0 Å². The Bertz CT molecular complexity index is 701. The number of urea groups is 1. The van der Waals surface area contributed by atoms with Crippen molar-refractivity contribution in [2.24, 2.45) is 0 Å². The maximum absolute atomic E-state index is 12.9. The Hall–Kier alpha value is -2.48. The Kier molecular flexibility index (Phi) is 4.01. The highest BCUT2D eigenvalue weighted by Gasteiger charge is 2.27. The Morgan fingerprint density at radius 2 is 2.18 bits per heavy atom. The summed E-state index contributed by atoms with van der Waals surface area (Å²) in [6, 6.07) is 5.32. The van der Waals surface area contributed by atoms with Crippen molar-refractivity contribution in [3.05, 3.63) is 46.7 Å². The first-order valence-corrected chi connectivity index (χ1v) is 7.46.